The second-order valence-corrected chi connectivity index (χ2v) is 11.9. The van der Waals surface area contributed by atoms with Crippen LogP contribution in [0.5, 0.6) is 0 Å². The van der Waals surface area contributed by atoms with Crippen LogP contribution in [0.15, 0.2) is 103 Å². The average Bonchev–Trinajstić information content (AvgIpc) is 3.10. The van der Waals surface area contributed by atoms with E-state index < -0.39 is 12.4 Å². The normalized spacial score (nSPS) is 19.4. The fourth-order valence-electron chi connectivity index (χ4n) is 5.86. The molecule has 0 spiro atoms. The molecule has 0 radical (unpaired) electrons. The second kappa shape index (κ2) is 16.0. The van der Waals surface area contributed by atoms with Crippen LogP contribution in [0.2, 0.25) is 0 Å². The number of carbonyl (C=O) groups is 1. The number of amides is 2. The first-order valence-electron chi connectivity index (χ1n) is 16.0. The van der Waals surface area contributed by atoms with Crippen molar-refractivity contribution in [2.75, 3.05) is 20.1 Å². The molecule has 0 bridgehead atoms. The van der Waals surface area contributed by atoms with Gasteiger partial charge in [-0.05, 0) is 54.3 Å². The fourth-order valence-corrected chi connectivity index (χ4v) is 5.86. The van der Waals surface area contributed by atoms with Crippen LogP contribution in [0.1, 0.15) is 66.6 Å². The highest BCUT2D eigenvalue weighted by molar-refractivity contribution is 5.74. The van der Waals surface area contributed by atoms with Gasteiger partial charge in [0.1, 0.15) is 0 Å². The minimum absolute atomic E-state index is 0.00986. The summed E-state index contributed by atoms with van der Waals surface area (Å²) in [6.07, 6.45) is -0.933. The van der Waals surface area contributed by atoms with E-state index in [9.17, 15) is 15.0 Å². The van der Waals surface area contributed by atoms with E-state index in [2.05, 4.69) is 33.7 Å². The Kier molecular flexibility index (Phi) is 11.6. The van der Waals surface area contributed by atoms with E-state index in [0.717, 1.165) is 38.9 Å². The molecule has 4 aromatic carbocycles. The summed E-state index contributed by atoms with van der Waals surface area (Å²) in [5, 5.41) is 26.3. The van der Waals surface area contributed by atoms with Crippen molar-refractivity contribution in [2.24, 2.45) is 0 Å². The minimum atomic E-state index is -0.629. The van der Waals surface area contributed by atoms with E-state index in [1.165, 1.54) is 0 Å². The molecule has 0 aliphatic carbocycles. The molecule has 1 aliphatic heterocycles. The smallest absolute Gasteiger partial charge is 0.315 e. The predicted molar refractivity (Wildman–Crippen MR) is 180 cm³/mol. The van der Waals surface area contributed by atoms with Crippen LogP contribution >= 0.6 is 0 Å². The maximum absolute atomic E-state index is 12.0. The van der Waals surface area contributed by atoms with E-state index in [-0.39, 0.29) is 30.9 Å². The molecule has 1 saturated heterocycles. The molecule has 0 unspecified atom stereocenters. The summed E-state index contributed by atoms with van der Waals surface area (Å²) >= 11 is 0. The third-order valence-electron chi connectivity index (χ3n) is 8.69. The molecule has 242 valence electrons. The highest BCUT2D eigenvalue weighted by Gasteiger charge is 2.34. The largest absolute Gasteiger partial charge is 0.392 e. The van der Waals surface area contributed by atoms with Gasteiger partial charge in [0.05, 0.1) is 24.9 Å². The zero-order chi connectivity index (χ0) is 32.5. The van der Waals surface area contributed by atoms with Gasteiger partial charge in [-0.3, -0.25) is 4.90 Å². The SMILES string of the molecule is CCNC(=O)NCc1ccccc1-c1ccc([C@@H]2O[C@H](CN(C)[C@@H](C)[C@H](O)c3ccccc3)C[C@H](c3ccc(CO)cc3)O2)cc1. The summed E-state index contributed by atoms with van der Waals surface area (Å²) in [5.74, 6) is 0. The van der Waals surface area contributed by atoms with Crippen LogP contribution in [0.3, 0.4) is 0 Å². The van der Waals surface area contributed by atoms with Crippen LogP contribution in [0.25, 0.3) is 11.1 Å². The van der Waals surface area contributed by atoms with Crippen molar-refractivity contribution >= 4 is 6.03 Å². The Bertz CT molecular complexity index is 1530. The molecule has 46 heavy (non-hydrogen) atoms. The Morgan fingerprint density at radius 2 is 1.57 bits per heavy atom. The molecule has 5 rings (SSSR count). The average molecular weight is 624 g/mol. The van der Waals surface area contributed by atoms with E-state index >= 15 is 0 Å². The van der Waals surface area contributed by atoms with Crippen LogP contribution in [0, 0.1) is 0 Å². The summed E-state index contributed by atoms with van der Waals surface area (Å²) < 4.78 is 13.2. The Balaban J connectivity index is 1.34. The molecule has 8 heteroatoms. The molecule has 1 heterocycles. The zero-order valence-electron chi connectivity index (χ0n) is 26.8. The number of ether oxygens (including phenoxy) is 2. The molecule has 1 fully saturated rings. The molecule has 1 aliphatic rings. The van der Waals surface area contributed by atoms with E-state index in [0.29, 0.717) is 26.1 Å². The first-order chi connectivity index (χ1) is 22.4. The summed E-state index contributed by atoms with van der Waals surface area (Å²) in [5.41, 5.74) is 6.77. The van der Waals surface area contributed by atoms with Gasteiger partial charge in [-0.2, -0.15) is 0 Å². The number of hydrogen-bond acceptors (Lipinski definition) is 6. The van der Waals surface area contributed by atoms with Crippen molar-refractivity contribution in [1.29, 1.82) is 0 Å². The molecule has 0 aromatic heterocycles. The number of aliphatic hydroxyl groups excluding tert-OH is 2. The number of nitrogens with one attached hydrogen (secondary N) is 2. The van der Waals surface area contributed by atoms with Gasteiger partial charge < -0.3 is 30.3 Å². The molecule has 8 nitrogen and oxygen atoms in total. The van der Waals surface area contributed by atoms with Gasteiger partial charge in [0.25, 0.3) is 0 Å². The fraction of sp³-hybridized carbons (Fsp3) is 0.342. The van der Waals surface area contributed by atoms with Crippen molar-refractivity contribution in [3.8, 4) is 11.1 Å². The molecule has 4 N–H and O–H groups in total. The third kappa shape index (κ3) is 8.40. The lowest BCUT2D eigenvalue weighted by atomic mass is 9.97. The standard InChI is InChI=1S/C38H45N3O5/c1-4-39-38(44)40-23-32-12-8-9-13-34(32)28-18-20-31(21-19-28)37-45-33(22-35(46-37)29-16-14-27(25-42)15-17-29)24-41(3)26(2)36(43)30-10-6-5-7-11-30/h5-21,26,33,35-37,42-43H,4,22-25H2,1-3H3,(H2,39,40,44)/t26-,33-,35+,36-,37+/m0/s1. The number of urea groups is 1. The maximum Gasteiger partial charge on any atom is 0.315 e. The first kappa shape index (κ1) is 33.3. The number of hydrogen-bond donors (Lipinski definition) is 4. The van der Waals surface area contributed by atoms with Gasteiger partial charge in [-0.25, -0.2) is 4.79 Å². The number of aliphatic hydroxyl groups is 2. The highest BCUT2D eigenvalue weighted by Crippen LogP contribution is 2.39. The lowest BCUT2D eigenvalue weighted by Crippen LogP contribution is -2.43. The van der Waals surface area contributed by atoms with Crippen LogP contribution in [-0.2, 0) is 22.6 Å². The van der Waals surface area contributed by atoms with Crippen LogP contribution in [-0.4, -0.2) is 53.4 Å². The van der Waals surface area contributed by atoms with Crippen LogP contribution in [0.4, 0.5) is 4.79 Å². The Morgan fingerprint density at radius 3 is 2.26 bits per heavy atom. The Morgan fingerprint density at radius 1 is 0.891 bits per heavy atom. The lowest BCUT2D eigenvalue weighted by molar-refractivity contribution is -0.253. The quantitative estimate of drug-likeness (QED) is 0.149. The topological polar surface area (TPSA) is 103 Å². The Hall–Kier alpha value is -4.05. The van der Waals surface area contributed by atoms with E-state index in [4.69, 9.17) is 9.47 Å². The minimum Gasteiger partial charge on any atom is -0.392 e. The van der Waals surface area contributed by atoms with Crippen molar-refractivity contribution in [2.45, 2.75) is 64.1 Å². The van der Waals surface area contributed by atoms with E-state index in [1.807, 2.05) is 106 Å². The van der Waals surface area contributed by atoms with Gasteiger partial charge in [0, 0.05) is 37.7 Å². The molecular weight excluding hydrogens is 578 g/mol. The molecule has 5 atom stereocenters. The van der Waals surface area contributed by atoms with Crippen molar-refractivity contribution < 1.29 is 24.5 Å². The maximum atomic E-state index is 12.0. The number of carbonyl (C=O) groups excluding carboxylic acids is 1. The molecule has 4 aromatic rings. The van der Waals surface area contributed by atoms with Gasteiger partial charge in [-0.15, -0.1) is 0 Å². The second-order valence-electron chi connectivity index (χ2n) is 11.9. The molecular formula is C38H45N3O5. The lowest BCUT2D eigenvalue weighted by Gasteiger charge is -2.39. The summed E-state index contributed by atoms with van der Waals surface area (Å²) in [6, 6.07) is 33.5. The Labute approximate surface area is 272 Å². The molecule has 0 saturated carbocycles. The monoisotopic (exact) mass is 623 g/mol. The van der Waals surface area contributed by atoms with Crippen molar-refractivity contribution in [1.82, 2.24) is 15.5 Å². The summed E-state index contributed by atoms with van der Waals surface area (Å²) in [4.78, 5) is 14.1. The van der Waals surface area contributed by atoms with Gasteiger partial charge >= 0.3 is 6.03 Å². The summed E-state index contributed by atoms with van der Waals surface area (Å²) in [7, 11) is 2.02. The number of rotatable bonds is 12. The van der Waals surface area contributed by atoms with Gasteiger partial charge in [0.15, 0.2) is 6.29 Å². The predicted octanol–water partition coefficient (Wildman–Crippen LogP) is 6.26. The first-order valence-corrected chi connectivity index (χ1v) is 16.0. The van der Waals surface area contributed by atoms with Crippen molar-refractivity contribution in [3.05, 3.63) is 131 Å². The summed E-state index contributed by atoms with van der Waals surface area (Å²) in [6.45, 7) is 5.51. The van der Waals surface area contributed by atoms with Gasteiger partial charge in [0.2, 0.25) is 0 Å². The number of likely N-dealkylation sites (N-methyl/N-ethyl adjacent to an activating group) is 1. The van der Waals surface area contributed by atoms with Gasteiger partial charge in [-0.1, -0.05) is 103 Å². The molecule has 2 amide bonds. The highest BCUT2D eigenvalue weighted by atomic mass is 16.7. The third-order valence-corrected chi connectivity index (χ3v) is 8.69. The zero-order valence-corrected chi connectivity index (χ0v) is 26.8. The van der Waals surface area contributed by atoms with Crippen molar-refractivity contribution in [3.63, 3.8) is 0 Å². The number of benzene rings is 4. The van der Waals surface area contributed by atoms with E-state index in [1.54, 1.807) is 0 Å². The number of nitrogens with zero attached hydrogens (tertiary/aromatic N) is 1. The van der Waals surface area contributed by atoms with Crippen LogP contribution < -0.4 is 10.6 Å².